The summed E-state index contributed by atoms with van der Waals surface area (Å²) in [6.07, 6.45) is 2.97. The molecule has 1 aliphatic heterocycles. The molecule has 0 radical (unpaired) electrons. The van der Waals surface area contributed by atoms with Gasteiger partial charge in [0.25, 0.3) is 0 Å². The van der Waals surface area contributed by atoms with E-state index < -0.39 is 11.5 Å². The van der Waals surface area contributed by atoms with E-state index >= 15 is 0 Å². The van der Waals surface area contributed by atoms with Gasteiger partial charge in [-0.15, -0.1) is 0 Å². The van der Waals surface area contributed by atoms with E-state index in [0.717, 1.165) is 26.2 Å². The van der Waals surface area contributed by atoms with E-state index in [9.17, 15) is 9.59 Å². The standard InChI is InChI=1S/C13H21N5O3/c1-13(2,17-5-3-14-4-6-17)12(21)16-10-7-15-18(8-10)9-11(19)20/h7-8,14H,3-6,9H2,1-2H3,(H,16,21)(H,19,20). The normalized spacial score (nSPS) is 16.7. The molecule has 0 bridgehead atoms. The second kappa shape index (κ2) is 6.23. The van der Waals surface area contributed by atoms with Crippen LogP contribution in [0.15, 0.2) is 12.4 Å². The number of hydrogen-bond acceptors (Lipinski definition) is 5. The molecule has 0 aromatic carbocycles. The Kier molecular flexibility index (Phi) is 4.59. The number of amides is 1. The van der Waals surface area contributed by atoms with E-state index in [0.29, 0.717) is 5.69 Å². The molecule has 0 saturated carbocycles. The number of anilines is 1. The number of aliphatic carboxylic acids is 1. The van der Waals surface area contributed by atoms with Crippen LogP contribution in [0.2, 0.25) is 0 Å². The molecular weight excluding hydrogens is 274 g/mol. The summed E-state index contributed by atoms with van der Waals surface area (Å²) in [7, 11) is 0. The fourth-order valence-corrected chi connectivity index (χ4v) is 2.30. The molecule has 1 aromatic heterocycles. The van der Waals surface area contributed by atoms with Crippen LogP contribution < -0.4 is 10.6 Å². The van der Waals surface area contributed by atoms with Crippen molar-refractivity contribution in [3.63, 3.8) is 0 Å². The number of nitrogens with zero attached hydrogens (tertiary/aromatic N) is 3. The molecule has 1 amide bonds. The third-order valence-corrected chi connectivity index (χ3v) is 3.65. The van der Waals surface area contributed by atoms with Crippen LogP contribution in [0.3, 0.4) is 0 Å². The Hall–Kier alpha value is -1.93. The highest BCUT2D eigenvalue weighted by molar-refractivity contribution is 5.97. The van der Waals surface area contributed by atoms with Gasteiger partial charge >= 0.3 is 5.97 Å². The highest BCUT2D eigenvalue weighted by atomic mass is 16.4. The van der Waals surface area contributed by atoms with Gasteiger partial charge in [0.2, 0.25) is 5.91 Å². The zero-order chi connectivity index (χ0) is 15.5. The first-order chi connectivity index (χ1) is 9.89. The minimum absolute atomic E-state index is 0.126. The van der Waals surface area contributed by atoms with Gasteiger partial charge in [-0.3, -0.25) is 19.2 Å². The molecule has 3 N–H and O–H groups in total. The predicted octanol–water partition coefficient (Wildman–Crippen LogP) is -0.410. The van der Waals surface area contributed by atoms with E-state index in [1.165, 1.54) is 17.1 Å². The summed E-state index contributed by atoms with van der Waals surface area (Å²) in [6, 6.07) is 0. The molecule has 1 aromatic rings. The Morgan fingerprint density at radius 3 is 2.71 bits per heavy atom. The number of aromatic nitrogens is 2. The highest BCUT2D eigenvalue weighted by Gasteiger charge is 2.35. The van der Waals surface area contributed by atoms with Gasteiger partial charge in [-0.2, -0.15) is 5.10 Å². The van der Waals surface area contributed by atoms with Gasteiger partial charge in [0.1, 0.15) is 6.54 Å². The number of carboxylic acids is 1. The number of nitrogens with one attached hydrogen (secondary N) is 2. The Labute approximate surface area is 123 Å². The van der Waals surface area contributed by atoms with Crippen molar-refractivity contribution in [1.82, 2.24) is 20.0 Å². The van der Waals surface area contributed by atoms with Crippen LogP contribution in [0.25, 0.3) is 0 Å². The van der Waals surface area contributed by atoms with Crippen molar-refractivity contribution in [3.8, 4) is 0 Å². The fraction of sp³-hybridized carbons (Fsp3) is 0.615. The lowest BCUT2D eigenvalue weighted by Gasteiger charge is -2.39. The molecule has 1 fully saturated rings. The molecular formula is C13H21N5O3. The zero-order valence-electron chi connectivity index (χ0n) is 12.3. The maximum absolute atomic E-state index is 12.4. The molecule has 0 atom stereocenters. The molecule has 8 heteroatoms. The third kappa shape index (κ3) is 3.79. The molecule has 2 rings (SSSR count). The number of rotatable bonds is 5. The lowest BCUT2D eigenvalue weighted by molar-refractivity contribution is -0.137. The molecule has 21 heavy (non-hydrogen) atoms. The molecule has 1 saturated heterocycles. The number of carbonyl (C=O) groups excluding carboxylic acids is 1. The van der Waals surface area contributed by atoms with Crippen molar-refractivity contribution in [3.05, 3.63) is 12.4 Å². The molecule has 116 valence electrons. The number of hydrogen-bond donors (Lipinski definition) is 3. The van der Waals surface area contributed by atoms with Gasteiger partial charge < -0.3 is 15.7 Å². The molecule has 2 heterocycles. The molecule has 0 spiro atoms. The van der Waals surface area contributed by atoms with Crippen LogP contribution in [0.1, 0.15) is 13.8 Å². The second-order valence-electron chi connectivity index (χ2n) is 5.57. The molecule has 0 unspecified atom stereocenters. The van der Waals surface area contributed by atoms with Crippen molar-refractivity contribution in [2.45, 2.75) is 25.9 Å². The van der Waals surface area contributed by atoms with Gasteiger partial charge in [0.15, 0.2) is 0 Å². The van der Waals surface area contributed by atoms with Gasteiger partial charge in [-0.25, -0.2) is 0 Å². The van der Waals surface area contributed by atoms with Crippen LogP contribution in [-0.4, -0.2) is 63.4 Å². The Morgan fingerprint density at radius 2 is 2.10 bits per heavy atom. The summed E-state index contributed by atoms with van der Waals surface area (Å²) in [4.78, 5) is 25.2. The number of carboxylic acid groups (broad SMARTS) is 1. The van der Waals surface area contributed by atoms with Crippen LogP contribution in [0.4, 0.5) is 5.69 Å². The van der Waals surface area contributed by atoms with Crippen LogP contribution in [0.5, 0.6) is 0 Å². The van der Waals surface area contributed by atoms with E-state index in [2.05, 4.69) is 20.6 Å². The lowest BCUT2D eigenvalue weighted by atomic mass is 10.0. The van der Waals surface area contributed by atoms with E-state index in [-0.39, 0.29) is 12.5 Å². The maximum Gasteiger partial charge on any atom is 0.325 e. The van der Waals surface area contributed by atoms with Gasteiger partial charge in [-0.05, 0) is 13.8 Å². The monoisotopic (exact) mass is 295 g/mol. The Bertz CT molecular complexity index is 520. The van der Waals surface area contributed by atoms with Crippen molar-refractivity contribution >= 4 is 17.6 Å². The third-order valence-electron chi connectivity index (χ3n) is 3.65. The minimum atomic E-state index is -0.975. The zero-order valence-corrected chi connectivity index (χ0v) is 12.3. The molecule has 0 aliphatic carbocycles. The Balaban J connectivity index is 1.99. The summed E-state index contributed by atoms with van der Waals surface area (Å²) in [5.74, 6) is -1.10. The minimum Gasteiger partial charge on any atom is -0.480 e. The summed E-state index contributed by atoms with van der Waals surface area (Å²) in [6.45, 7) is 6.92. The summed E-state index contributed by atoms with van der Waals surface area (Å²) < 4.78 is 1.27. The average molecular weight is 295 g/mol. The van der Waals surface area contributed by atoms with E-state index in [4.69, 9.17) is 5.11 Å². The van der Waals surface area contributed by atoms with Crippen molar-refractivity contribution in [2.24, 2.45) is 0 Å². The van der Waals surface area contributed by atoms with E-state index in [1.807, 2.05) is 13.8 Å². The van der Waals surface area contributed by atoms with Crippen molar-refractivity contribution < 1.29 is 14.7 Å². The fourth-order valence-electron chi connectivity index (χ4n) is 2.30. The molecule has 8 nitrogen and oxygen atoms in total. The predicted molar refractivity (Wildman–Crippen MR) is 77.0 cm³/mol. The lowest BCUT2D eigenvalue weighted by Crippen LogP contribution is -2.58. The van der Waals surface area contributed by atoms with Gasteiger partial charge in [0, 0.05) is 32.4 Å². The van der Waals surface area contributed by atoms with Crippen molar-refractivity contribution in [1.29, 1.82) is 0 Å². The van der Waals surface area contributed by atoms with Crippen LogP contribution in [-0.2, 0) is 16.1 Å². The highest BCUT2D eigenvalue weighted by Crippen LogP contribution is 2.18. The van der Waals surface area contributed by atoms with Crippen molar-refractivity contribution in [2.75, 3.05) is 31.5 Å². The van der Waals surface area contributed by atoms with Crippen LogP contribution >= 0.6 is 0 Å². The summed E-state index contributed by atoms with van der Waals surface area (Å²) in [5.41, 5.74) is -0.124. The first-order valence-corrected chi connectivity index (χ1v) is 6.91. The summed E-state index contributed by atoms with van der Waals surface area (Å²) >= 11 is 0. The largest absolute Gasteiger partial charge is 0.480 e. The topological polar surface area (TPSA) is 99.5 Å². The summed E-state index contributed by atoms with van der Waals surface area (Å²) in [5, 5.41) is 18.6. The van der Waals surface area contributed by atoms with E-state index in [1.54, 1.807) is 0 Å². The van der Waals surface area contributed by atoms with Gasteiger partial charge in [-0.1, -0.05) is 0 Å². The van der Waals surface area contributed by atoms with Crippen LogP contribution in [0, 0.1) is 0 Å². The first-order valence-electron chi connectivity index (χ1n) is 6.91. The molecule has 1 aliphatic rings. The second-order valence-corrected chi connectivity index (χ2v) is 5.57. The quantitative estimate of drug-likeness (QED) is 0.683. The SMILES string of the molecule is CC(C)(C(=O)Nc1cnn(CC(=O)O)c1)N1CCNCC1. The smallest absolute Gasteiger partial charge is 0.325 e. The number of piperazine rings is 1. The maximum atomic E-state index is 12.4. The Morgan fingerprint density at radius 1 is 1.43 bits per heavy atom. The van der Waals surface area contributed by atoms with Gasteiger partial charge in [0.05, 0.1) is 17.4 Å². The first kappa shape index (κ1) is 15.5. The average Bonchev–Trinajstić information content (AvgIpc) is 2.86. The number of carbonyl (C=O) groups is 2.